The SMILES string of the molecule is Cc1ccc(Nc2nc(CCC(=O)OCc3ccccc3)cs2)cc1. The molecule has 25 heavy (non-hydrogen) atoms. The number of esters is 1. The molecular weight excluding hydrogens is 332 g/mol. The molecule has 5 heteroatoms. The molecular formula is C20H20N2O2S. The lowest BCUT2D eigenvalue weighted by Crippen LogP contribution is -2.06. The minimum absolute atomic E-state index is 0.204. The van der Waals surface area contributed by atoms with Gasteiger partial charge < -0.3 is 10.1 Å². The third-order valence-electron chi connectivity index (χ3n) is 3.68. The Hall–Kier alpha value is -2.66. The van der Waals surface area contributed by atoms with Crippen LogP contribution in [-0.4, -0.2) is 11.0 Å². The summed E-state index contributed by atoms with van der Waals surface area (Å²) >= 11 is 1.54. The molecule has 0 spiro atoms. The van der Waals surface area contributed by atoms with E-state index >= 15 is 0 Å². The maximum absolute atomic E-state index is 11.9. The molecule has 4 nitrogen and oxygen atoms in total. The van der Waals surface area contributed by atoms with E-state index in [0.29, 0.717) is 19.4 Å². The minimum Gasteiger partial charge on any atom is -0.461 e. The van der Waals surface area contributed by atoms with E-state index in [1.54, 1.807) is 0 Å². The van der Waals surface area contributed by atoms with Crippen LogP contribution in [0.4, 0.5) is 10.8 Å². The van der Waals surface area contributed by atoms with Gasteiger partial charge in [0.2, 0.25) is 0 Å². The number of benzene rings is 2. The van der Waals surface area contributed by atoms with Crippen LogP contribution in [0, 0.1) is 6.92 Å². The molecule has 0 bridgehead atoms. The molecule has 0 aliphatic heterocycles. The number of aryl methyl sites for hydroxylation is 2. The Morgan fingerprint density at radius 1 is 1.12 bits per heavy atom. The number of rotatable bonds is 7. The van der Waals surface area contributed by atoms with E-state index in [1.807, 2.05) is 47.8 Å². The lowest BCUT2D eigenvalue weighted by atomic mass is 10.2. The average molecular weight is 352 g/mol. The topological polar surface area (TPSA) is 51.2 Å². The van der Waals surface area contributed by atoms with E-state index in [2.05, 4.69) is 29.4 Å². The van der Waals surface area contributed by atoms with Crippen molar-refractivity contribution >= 4 is 28.1 Å². The number of aromatic nitrogens is 1. The predicted molar refractivity (Wildman–Crippen MR) is 101 cm³/mol. The van der Waals surface area contributed by atoms with Crippen LogP contribution in [-0.2, 0) is 22.6 Å². The highest BCUT2D eigenvalue weighted by atomic mass is 32.1. The third-order valence-corrected chi connectivity index (χ3v) is 4.49. The zero-order valence-corrected chi connectivity index (χ0v) is 14.9. The number of nitrogens with zero attached hydrogens (tertiary/aromatic N) is 1. The summed E-state index contributed by atoms with van der Waals surface area (Å²) < 4.78 is 5.28. The molecule has 0 aliphatic carbocycles. The summed E-state index contributed by atoms with van der Waals surface area (Å²) in [6.07, 6.45) is 0.917. The molecule has 0 unspecified atom stereocenters. The van der Waals surface area contributed by atoms with Gasteiger partial charge in [-0.15, -0.1) is 11.3 Å². The molecule has 128 valence electrons. The van der Waals surface area contributed by atoms with Crippen molar-refractivity contribution in [1.29, 1.82) is 0 Å². The molecule has 1 N–H and O–H groups in total. The maximum atomic E-state index is 11.9. The van der Waals surface area contributed by atoms with Gasteiger partial charge in [0, 0.05) is 17.5 Å². The van der Waals surface area contributed by atoms with Gasteiger partial charge in [-0.3, -0.25) is 4.79 Å². The largest absolute Gasteiger partial charge is 0.461 e. The Morgan fingerprint density at radius 2 is 1.88 bits per heavy atom. The number of carbonyl (C=O) groups is 1. The Morgan fingerprint density at radius 3 is 2.64 bits per heavy atom. The molecule has 1 heterocycles. The second kappa shape index (κ2) is 8.44. The highest BCUT2D eigenvalue weighted by molar-refractivity contribution is 7.13. The molecule has 1 aromatic heterocycles. The number of ether oxygens (including phenoxy) is 1. The monoisotopic (exact) mass is 352 g/mol. The summed E-state index contributed by atoms with van der Waals surface area (Å²) in [4.78, 5) is 16.4. The summed E-state index contributed by atoms with van der Waals surface area (Å²) in [6, 6.07) is 17.8. The van der Waals surface area contributed by atoms with Gasteiger partial charge in [-0.25, -0.2) is 4.98 Å². The van der Waals surface area contributed by atoms with Crippen LogP contribution in [0.25, 0.3) is 0 Å². The van der Waals surface area contributed by atoms with Crippen molar-refractivity contribution in [2.45, 2.75) is 26.4 Å². The molecule has 0 amide bonds. The van der Waals surface area contributed by atoms with Gasteiger partial charge in [0.05, 0.1) is 12.1 Å². The summed E-state index contributed by atoms with van der Waals surface area (Å²) in [7, 11) is 0. The highest BCUT2D eigenvalue weighted by Gasteiger charge is 2.07. The van der Waals surface area contributed by atoms with Crippen molar-refractivity contribution in [2.75, 3.05) is 5.32 Å². The Labute approximate surface area is 151 Å². The first-order valence-corrected chi connectivity index (χ1v) is 9.05. The van der Waals surface area contributed by atoms with Crippen molar-refractivity contribution in [1.82, 2.24) is 4.98 Å². The fourth-order valence-corrected chi connectivity index (χ4v) is 3.04. The molecule has 0 saturated carbocycles. The number of thiazole rings is 1. The fourth-order valence-electron chi connectivity index (χ4n) is 2.28. The summed E-state index contributed by atoms with van der Waals surface area (Å²) in [5.41, 5.74) is 4.12. The Balaban J connectivity index is 1.45. The fraction of sp³-hybridized carbons (Fsp3) is 0.200. The van der Waals surface area contributed by atoms with E-state index in [1.165, 1.54) is 16.9 Å². The smallest absolute Gasteiger partial charge is 0.306 e. The first kappa shape index (κ1) is 17.2. The molecule has 3 aromatic rings. The number of carbonyl (C=O) groups excluding carboxylic acids is 1. The van der Waals surface area contributed by atoms with Crippen LogP contribution >= 0.6 is 11.3 Å². The van der Waals surface area contributed by atoms with Gasteiger partial charge in [0.25, 0.3) is 0 Å². The van der Waals surface area contributed by atoms with Crippen LogP contribution < -0.4 is 5.32 Å². The van der Waals surface area contributed by atoms with E-state index in [-0.39, 0.29) is 5.97 Å². The lowest BCUT2D eigenvalue weighted by molar-refractivity contribution is -0.144. The number of anilines is 2. The summed E-state index contributed by atoms with van der Waals surface area (Å²) in [6.45, 7) is 2.37. The Bertz CT molecular complexity index is 813. The number of hydrogen-bond acceptors (Lipinski definition) is 5. The minimum atomic E-state index is -0.204. The van der Waals surface area contributed by atoms with Gasteiger partial charge in [-0.2, -0.15) is 0 Å². The highest BCUT2D eigenvalue weighted by Crippen LogP contribution is 2.22. The number of hydrogen-bond donors (Lipinski definition) is 1. The van der Waals surface area contributed by atoms with E-state index in [9.17, 15) is 4.79 Å². The van der Waals surface area contributed by atoms with Gasteiger partial charge in [-0.1, -0.05) is 48.0 Å². The first-order chi connectivity index (χ1) is 12.2. The zero-order valence-electron chi connectivity index (χ0n) is 14.1. The second-order valence-electron chi connectivity index (χ2n) is 5.78. The summed E-state index contributed by atoms with van der Waals surface area (Å²) in [5, 5.41) is 6.08. The van der Waals surface area contributed by atoms with Gasteiger partial charge in [0.15, 0.2) is 5.13 Å². The molecule has 3 rings (SSSR count). The van der Waals surface area contributed by atoms with E-state index in [4.69, 9.17) is 4.74 Å². The van der Waals surface area contributed by atoms with Gasteiger partial charge >= 0.3 is 5.97 Å². The predicted octanol–water partition coefficient (Wildman–Crippen LogP) is 4.87. The van der Waals surface area contributed by atoms with Crippen molar-refractivity contribution in [3.05, 3.63) is 76.8 Å². The quantitative estimate of drug-likeness (QED) is 0.616. The Kier molecular flexibility index (Phi) is 5.80. The van der Waals surface area contributed by atoms with Crippen molar-refractivity contribution in [3.8, 4) is 0 Å². The van der Waals surface area contributed by atoms with Gasteiger partial charge in [0.1, 0.15) is 6.61 Å². The lowest BCUT2D eigenvalue weighted by Gasteiger charge is -2.04. The van der Waals surface area contributed by atoms with Crippen LogP contribution in [0.2, 0.25) is 0 Å². The maximum Gasteiger partial charge on any atom is 0.306 e. The van der Waals surface area contributed by atoms with Crippen LogP contribution in [0.15, 0.2) is 60.0 Å². The van der Waals surface area contributed by atoms with E-state index < -0.39 is 0 Å². The van der Waals surface area contributed by atoms with Crippen molar-refractivity contribution < 1.29 is 9.53 Å². The molecule has 0 fully saturated rings. The van der Waals surface area contributed by atoms with Crippen molar-refractivity contribution in [3.63, 3.8) is 0 Å². The first-order valence-electron chi connectivity index (χ1n) is 8.17. The number of nitrogens with one attached hydrogen (secondary N) is 1. The second-order valence-corrected chi connectivity index (χ2v) is 6.64. The zero-order chi connectivity index (χ0) is 17.5. The van der Waals surface area contributed by atoms with Crippen LogP contribution in [0.1, 0.15) is 23.2 Å². The van der Waals surface area contributed by atoms with Crippen molar-refractivity contribution in [2.24, 2.45) is 0 Å². The molecule has 0 atom stereocenters. The average Bonchev–Trinajstić information content (AvgIpc) is 3.08. The normalized spacial score (nSPS) is 10.4. The van der Waals surface area contributed by atoms with Gasteiger partial charge in [-0.05, 0) is 24.6 Å². The van der Waals surface area contributed by atoms with E-state index in [0.717, 1.165) is 22.1 Å². The molecule has 0 radical (unpaired) electrons. The molecule has 0 aliphatic rings. The standard InChI is InChI=1S/C20H20N2O2S/c1-15-7-9-17(10-8-15)21-20-22-18(14-25-20)11-12-19(23)24-13-16-5-3-2-4-6-16/h2-10,14H,11-13H2,1H3,(H,21,22). The van der Waals surface area contributed by atoms with Crippen LogP contribution in [0.3, 0.4) is 0 Å². The van der Waals surface area contributed by atoms with Crippen LogP contribution in [0.5, 0.6) is 0 Å². The molecule has 0 saturated heterocycles. The summed E-state index contributed by atoms with van der Waals surface area (Å²) in [5.74, 6) is -0.204. The molecule has 2 aromatic carbocycles. The third kappa shape index (κ3) is 5.43.